The number of benzene rings is 2. The van der Waals surface area contributed by atoms with Crippen LogP contribution in [0, 0.1) is 5.82 Å². The fraction of sp³-hybridized carbons (Fsp3) is 0.250. The van der Waals surface area contributed by atoms with Crippen LogP contribution in [0.5, 0.6) is 5.75 Å². The largest absolute Gasteiger partial charge is 0.488 e. The van der Waals surface area contributed by atoms with Gasteiger partial charge in [-0.25, -0.2) is 9.82 Å². The van der Waals surface area contributed by atoms with Crippen molar-refractivity contribution in [2.75, 3.05) is 0 Å². The van der Waals surface area contributed by atoms with Gasteiger partial charge in [0.05, 0.1) is 15.7 Å². The molecule has 29 heavy (non-hydrogen) atoms. The van der Waals surface area contributed by atoms with Crippen LogP contribution in [0.25, 0.3) is 0 Å². The third-order valence-corrected chi connectivity index (χ3v) is 4.94. The van der Waals surface area contributed by atoms with Gasteiger partial charge in [-0.1, -0.05) is 24.6 Å². The van der Waals surface area contributed by atoms with Crippen LogP contribution in [0.1, 0.15) is 31.4 Å². The zero-order chi connectivity index (χ0) is 21.4. The van der Waals surface area contributed by atoms with Crippen molar-refractivity contribution in [3.05, 3.63) is 62.8 Å². The lowest BCUT2D eigenvalue weighted by Crippen LogP contribution is -2.41. The fourth-order valence-electron chi connectivity index (χ4n) is 2.14. The maximum absolute atomic E-state index is 13.8. The Bertz CT molecular complexity index is 904. The van der Waals surface area contributed by atoms with E-state index >= 15 is 0 Å². The van der Waals surface area contributed by atoms with Gasteiger partial charge in [0.2, 0.25) is 0 Å². The zero-order valence-electron chi connectivity index (χ0n) is 15.8. The molecule has 0 radical (unpaired) electrons. The summed E-state index contributed by atoms with van der Waals surface area (Å²) >= 11 is 9.36. The Labute approximate surface area is 181 Å². The van der Waals surface area contributed by atoms with E-state index in [4.69, 9.17) is 16.3 Å². The van der Waals surface area contributed by atoms with Crippen LogP contribution in [-0.4, -0.2) is 24.1 Å². The standard InChI is InChI=1S/C20H20BrClFN3O3/c1-3-12(2)25-19(27)20(28)26-24-10-13-7-8-18(15(21)9-13)29-11-14-16(22)5-4-6-17(14)23/h4-10,12H,3,11H2,1-2H3,(H,25,27)(H,26,28)/b24-10-/t12-/m0/s1. The van der Waals surface area contributed by atoms with E-state index in [1.807, 2.05) is 6.92 Å². The third-order valence-electron chi connectivity index (χ3n) is 3.97. The second kappa shape index (κ2) is 10.9. The molecular weight excluding hydrogens is 465 g/mol. The SMILES string of the molecule is CC[C@H](C)NC(=O)C(=O)N/N=C\c1ccc(OCc2c(F)cccc2Cl)c(Br)c1. The molecule has 2 aromatic carbocycles. The number of ether oxygens (including phenoxy) is 1. The van der Waals surface area contributed by atoms with Gasteiger partial charge < -0.3 is 10.1 Å². The minimum Gasteiger partial charge on any atom is -0.488 e. The minimum absolute atomic E-state index is 0.0289. The Morgan fingerprint density at radius 1 is 1.31 bits per heavy atom. The van der Waals surface area contributed by atoms with Crippen molar-refractivity contribution in [3.63, 3.8) is 0 Å². The lowest BCUT2D eigenvalue weighted by atomic mass is 10.2. The van der Waals surface area contributed by atoms with Crippen LogP contribution >= 0.6 is 27.5 Å². The number of hydrogen-bond acceptors (Lipinski definition) is 4. The van der Waals surface area contributed by atoms with E-state index in [0.717, 1.165) is 0 Å². The molecule has 0 saturated heterocycles. The van der Waals surface area contributed by atoms with Gasteiger partial charge in [0.15, 0.2) is 0 Å². The van der Waals surface area contributed by atoms with Crippen LogP contribution in [0.3, 0.4) is 0 Å². The number of hydrogen-bond donors (Lipinski definition) is 2. The first kappa shape index (κ1) is 22.8. The molecule has 2 rings (SSSR count). The number of carbonyl (C=O) groups excluding carboxylic acids is 2. The summed E-state index contributed by atoms with van der Waals surface area (Å²) in [7, 11) is 0. The second-order valence-corrected chi connectivity index (χ2v) is 7.42. The molecule has 1 atom stereocenters. The van der Waals surface area contributed by atoms with Gasteiger partial charge in [-0.05, 0) is 65.2 Å². The van der Waals surface area contributed by atoms with Crippen molar-refractivity contribution in [2.24, 2.45) is 5.10 Å². The summed E-state index contributed by atoms with van der Waals surface area (Å²) in [4.78, 5) is 23.3. The van der Waals surface area contributed by atoms with E-state index in [9.17, 15) is 14.0 Å². The maximum Gasteiger partial charge on any atom is 0.329 e. The number of hydrazone groups is 1. The molecule has 0 aromatic heterocycles. The summed E-state index contributed by atoms with van der Waals surface area (Å²) in [5.41, 5.74) is 3.09. The Kier molecular flexibility index (Phi) is 8.60. The van der Waals surface area contributed by atoms with Crippen molar-refractivity contribution >= 4 is 45.6 Å². The number of carbonyl (C=O) groups is 2. The van der Waals surface area contributed by atoms with Gasteiger partial charge in [0.25, 0.3) is 0 Å². The summed E-state index contributed by atoms with van der Waals surface area (Å²) in [6.07, 6.45) is 2.10. The maximum atomic E-state index is 13.8. The molecule has 9 heteroatoms. The molecule has 0 aliphatic heterocycles. The number of nitrogens with zero attached hydrogens (tertiary/aromatic N) is 1. The third kappa shape index (κ3) is 6.83. The van der Waals surface area contributed by atoms with Crippen LogP contribution in [-0.2, 0) is 16.2 Å². The Hall–Kier alpha value is -2.45. The summed E-state index contributed by atoms with van der Waals surface area (Å²) in [6, 6.07) is 9.40. The molecule has 0 aliphatic rings. The van der Waals surface area contributed by atoms with Gasteiger partial charge in [-0.3, -0.25) is 9.59 Å². The predicted octanol–water partition coefficient (Wildman–Crippen LogP) is 4.19. The van der Waals surface area contributed by atoms with Crippen LogP contribution in [0.15, 0.2) is 46.0 Å². The van der Waals surface area contributed by atoms with Crippen molar-refractivity contribution in [1.29, 1.82) is 0 Å². The molecule has 0 saturated carbocycles. The van der Waals surface area contributed by atoms with Crippen molar-refractivity contribution < 1.29 is 18.7 Å². The topological polar surface area (TPSA) is 79.8 Å². The average Bonchev–Trinajstić information content (AvgIpc) is 2.68. The first-order valence-electron chi connectivity index (χ1n) is 8.81. The minimum atomic E-state index is -0.845. The predicted molar refractivity (Wildman–Crippen MR) is 114 cm³/mol. The highest BCUT2D eigenvalue weighted by Gasteiger charge is 2.14. The lowest BCUT2D eigenvalue weighted by molar-refractivity contribution is -0.139. The normalized spacial score (nSPS) is 11.9. The molecule has 0 fully saturated rings. The van der Waals surface area contributed by atoms with Gasteiger partial charge in [0.1, 0.15) is 18.2 Å². The van der Waals surface area contributed by atoms with Gasteiger partial charge in [0, 0.05) is 11.6 Å². The van der Waals surface area contributed by atoms with E-state index in [2.05, 4.69) is 31.8 Å². The van der Waals surface area contributed by atoms with E-state index in [1.54, 1.807) is 31.2 Å². The molecule has 2 aromatic rings. The average molecular weight is 485 g/mol. The molecule has 0 heterocycles. The van der Waals surface area contributed by atoms with Crippen molar-refractivity contribution in [1.82, 2.24) is 10.7 Å². The number of rotatable bonds is 7. The van der Waals surface area contributed by atoms with E-state index in [1.165, 1.54) is 18.3 Å². The Morgan fingerprint density at radius 2 is 2.07 bits per heavy atom. The fourth-order valence-corrected chi connectivity index (χ4v) is 2.87. The number of amides is 2. The highest BCUT2D eigenvalue weighted by atomic mass is 79.9. The first-order valence-corrected chi connectivity index (χ1v) is 9.98. The zero-order valence-corrected chi connectivity index (χ0v) is 18.2. The smallest absolute Gasteiger partial charge is 0.329 e. The molecule has 0 aliphatic carbocycles. The van der Waals surface area contributed by atoms with Crippen LogP contribution in [0.4, 0.5) is 4.39 Å². The quantitative estimate of drug-likeness (QED) is 0.351. The molecule has 0 spiro atoms. The molecule has 6 nitrogen and oxygen atoms in total. The number of halogens is 3. The second-order valence-electron chi connectivity index (χ2n) is 6.16. The highest BCUT2D eigenvalue weighted by molar-refractivity contribution is 9.10. The van der Waals surface area contributed by atoms with Gasteiger partial charge in [-0.15, -0.1) is 0 Å². The van der Waals surface area contributed by atoms with E-state index in [0.29, 0.717) is 22.2 Å². The summed E-state index contributed by atoms with van der Waals surface area (Å²) < 4.78 is 20.0. The van der Waals surface area contributed by atoms with Crippen molar-refractivity contribution in [2.45, 2.75) is 32.9 Å². The number of nitrogens with one attached hydrogen (secondary N) is 2. The summed E-state index contributed by atoms with van der Waals surface area (Å²) in [5.74, 6) is -1.54. The Balaban J connectivity index is 1.94. The first-order chi connectivity index (χ1) is 13.8. The summed E-state index contributed by atoms with van der Waals surface area (Å²) in [6.45, 7) is 3.67. The molecule has 2 amide bonds. The molecular formula is C20H20BrClFN3O3. The van der Waals surface area contributed by atoms with Crippen LogP contribution in [0.2, 0.25) is 5.02 Å². The molecule has 0 bridgehead atoms. The summed E-state index contributed by atoms with van der Waals surface area (Å²) in [5, 5.41) is 6.60. The monoisotopic (exact) mass is 483 g/mol. The van der Waals surface area contributed by atoms with E-state index in [-0.39, 0.29) is 23.2 Å². The van der Waals surface area contributed by atoms with Gasteiger partial charge >= 0.3 is 11.8 Å². The molecule has 2 N–H and O–H groups in total. The van der Waals surface area contributed by atoms with Gasteiger partial charge in [-0.2, -0.15) is 5.10 Å². The molecule has 0 unspecified atom stereocenters. The highest BCUT2D eigenvalue weighted by Crippen LogP contribution is 2.28. The van der Waals surface area contributed by atoms with Crippen molar-refractivity contribution in [3.8, 4) is 5.75 Å². The van der Waals surface area contributed by atoms with E-state index < -0.39 is 17.6 Å². The van der Waals surface area contributed by atoms with Crippen LogP contribution < -0.4 is 15.5 Å². The molecule has 154 valence electrons. The Morgan fingerprint density at radius 3 is 2.72 bits per heavy atom. The lowest BCUT2D eigenvalue weighted by Gasteiger charge is -2.11.